The van der Waals surface area contributed by atoms with E-state index in [1.165, 1.54) is 5.41 Å². The van der Waals surface area contributed by atoms with Gasteiger partial charge in [-0.25, -0.2) is 13.2 Å². The Balaban J connectivity index is 1.81. The first kappa shape index (κ1) is 16.3. The van der Waals surface area contributed by atoms with Gasteiger partial charge in [-0.15, -0.1) is 0 Å². The summed E-state index contributed by atoms with van der Waals surface area (Å²) < 4.78 is 23.5. The Morgan fingerprint density at radius 3 is 2.25 bits per heavy atom. The third kappa shape index (κ3) is 4.02. The Kier molecular flexibility index (Phi) is 4.66. The van der Waals surface area contributed by atoms with Gasteiger partial charge in [0, 0.05) is 17.6 Å². The highest BCUT2D eigenvalue weighted by molar-refractivity contribution is 7.94. The van der Waals surface area contributed by atoms with Crippen LogP contribution >= 0.6 is 0 Å². The molecule has 1 atom stereocenters. The van der Waals surface area contributed by atoms with Gasteiger partial charge in [-0.2, -0.15) is 0 Å². The molecule has 1 unspecified atom stereocenters. The van der Waals surface area contributed by atoms with Gasteiger partial charge >= 0.3 is 6.03 Å². The fourth-order valence-electron chi connectivity index (χ4n) is 2.59. The third-order valence-electron chi connectivity index (χ3n) is 3.79. The van der Waals surface area contributed by atoms with Crippen LogP contribution in [0, 0.1) is 0 Å². The number of hydrogen-bond donors (Lipinski definition) is 1. The van der Waals surface area contributed by atoms with Crippen LogP contribution in [0.4, 0.5) is 10.5 Å². The first-order chi connectivity index (χ1) is 11.5. The van der Waals surface area contributed by atoms with E-state index in [1.807, 2.05) is 48.5 Å². The number of urea groups is 1. The number of carbonyl (C=O) groups is 1. The van der Waals surface area contributed by atoms with Gasteiger partial charge < -0.3 is 10.2 Å². The SMILES string of the molecule is O=C(Nc1ccccc1)N(Cc1ccccc1)C1C=CS(=O)(=O)C1. The largest absolute Gasteiger partial charge is 0.322 e. The summed E-state index contributed by atoms with van der Waals surface area (Å²) in [6.45, 7) is 0.337. The number of nitrogens with zero attached hydrogens (tertiary/aromatic N) is 1. The molecule has 2 aromatic carbocycles. The van der Waals surface area contributed by atoms with E-state index in [4.69, 9.17) is 0 Å². The standard InChI is InChI=1S/C18H18N2O3S/c21-18(19-16-9-5-2-6-10-16)20(13-15-7-3-1-4-8-15)17-11-12-24(22,23)14-17/h1-12,17H,13-14H2,(H,19,21). The second-order valence-corrected chi connectivity index (χ2v) is 7.57. The molecule has 0 fully saturated rings. The van der Waals surface area contributed by atoms with Gasteiger partial charge in [-0.1, -0.05) is 48.5 Å². The van der Waals surface area contributed by atoms with Crippen LogP contribution < -0.4 is 5.32 Å². The van der Waals surface area contributed by atoms with Crippen LogP contribution in [0.15, 0.2) is 72.1 Å². The van der Waals surface area contributed by atoms with E-state index in [2.05, 4.69) is 5.32 Å². The van der Waals surface area contributed by atoms with Gasteiger partial charge in [0.15, 0.2) is 9.84 Å². The lowest BCUT2D eigenvalue weighted by Crippen LogP contribution is -2.42. The molecule has 0 saturated carbocycles. The molecule has 0 saturated heterocycles. The molecular weight excluding hydrogens is 324 g/mol. The quantitative estimate of drug-likeness (QED) is 0.929. The molecule has 1 aliphatic heterocycles. The minimum absolute atomic E-state index is 0.0813. The summed E-state index contributed by atoms with van der Waals surface area (Å²) in [7, 11) is -3.24. The zero-order valence-electron chi connectivity index (χ0n) is 13.0. The van der Waals surface area contributed by atoms with Gasteiger partial charge in [-0.3, -0.25) is 0 Å². The topological polar surface area (TPSA) is 66.5 Å². The van der Waals surface area contributed by atoms with Crippen molar-refractivity contribution in [3.8, 4) is 0 Å². The second-order valence-electron chi connectivity index (χ2n) is 5.64. The monoisotopic (exact) mass is 342 g/mol. The normalized spacial score (nSPS) is 18.2. The number of para-hydroxylation sites is 1. The molecule has 1 heterocycles. The molecule has 1 aliphatic rings. The minimum atomic E-state index is -3.24. The molecule has 3 rings (SSSR count). The smallest absolute Gasteiger partial charge is 0.313 e. The van der Waals surface area contributed by atoms with Gasteiger partial charge in [0.2, 0.25) is 0 Å². The van der Waals surface area contributed by atoms with Crippen molar-refractivity contribution in [2.75, 3.05) is 11.1 Å². The number of rotatable bonds is 4. The molecule has 0 bridgehead atoms. The summed E-state index contributed by atoms with van der Waals surface area (Å²) in [4.78, 5) is 14.2. The highest BCUT2D eigenvalue weighted by atomic mass is 32.2. The zero-order chi connectivity index (χ0) is 17.0. The van der Waals surface area contributed by atoms with Crippen molar-refractivity contribution in [2.24, 2.45) is 0 Å². The summed E-state index contributed by atoms with van der Waals surface area (Å²) in [6.07, 6.45) is 1.57. The van der Waals surface area contributed by atoms with Gasteiger partial charge in [-0.05, 0) is 23.8 Å². The predicted octanol–water partition coefficient (Wildman–Crippen LogP) is 3.03. The van der Waals surface area contributed by atoms with Crippen LogP contribution in [-0.2, 0) is 16.4 Å². The Morgan fingerprint density at radius 1 is 1.04 bits per heavy atom. The van der Waals surface area contributed by atoms with E-state index in [-0.39, 0.29) is 11.8 Å². The Morgan fingerprint density at radius 2 is 1.67 bits per heavy atom. The van der Waals surface area contributed by atoms with Gasteiger partial charge in [0.25, 0.3) is 0 Å². The number of nitrogens with one attached hydrogen (secondary N) is 1. The van der Waals surface area contributed by atoms with Crippen molar-refractivity contribution in [3.05, 3.63) is 77.7 Å². The van der Waals surface area contributed by atoms with Crippen molar-refractivity contribution in [2.45, 2.75) is 12.6 Å². The van der Waals surface area contributed by atoms with Gasteiger partial charge in [0.1, 0.15) is 0 Å². The molecule has 0 aromatic heterocycles. The molecule has 124 valence electrons. The number of hydrogen-bond acceptors (Lipinski definition) is 3. The van der Waals surface area contributed by atoms with Crippen molar-refractivity contribution < 1.29 is 13.2 Å². The van der Waals surface area contributed by atoms with Crippen molar-refractivity contribution in [3.63, 3.8) is 0 Å². The van der Waals surface area contributed by atoms with E-state index in [1.54, 1.807) is 23.1 Å². The maximum atomic E-state index is 12.7. The Bertz CT molecular complexity index is 833. The summed E-state index contributed by atoms with van der Waals surface area (Å²) >= 11 is 0. The summed E-state index contributed by atoms with van der Waals surface area (Å²) in [5, 5.41) is 4.01. The van der Waals surface area contributed by atoms with Crippen molar-refractivity contribution in [1.82, 2.24) is 4.90 Å². The van der Waals surface area contributed by atoms with E-state index in [0.717, 1.165) is 5.56 Å². The van der Waals surface area contributed by atoms with E-state index in [0.29, 0.717) is 12.2 Å². The molecule has 0 radical (unpaired) electrons. The van der Waals surface area contributed by atoms with E-state index in [9.17, 15) is 13.2 Å². The van der Waals surface area contributed by atoms with Crippen LogP contribution in [0.1, 0.15) is 5.56 Å². The lowest BCUT2D eigenvalue weighted by Gasteiger charge is -2.28. The number of sulfone groups is 1. The molecule has 2 aromatic rings. The van der Waals surface area contributed by atoms with Crippen LogP contribution in [0.5, 0.6) is 0 Å². The third-order valence-corrected chi connectivity index (χ3v) is 5.17. The fraction of sp³-hybridized carbons (Fsp3) is 0.167. The highest BCUT2D eigenvalue weighted by Crippen LogP contribution is 2.19. The molecule has 24 heavy (non-hydrogen) atoms. The summed E-state index contributed by atoms with van der Waals surface area (Å²) in [6, 6.07) is 17.8. The maximum absolute atomic E-state index is 12.7. The van der Waals surface area contributed by atoms with Crippen molar-refractivity contribution >= 4 is 21.6 Å². The highest BCUT2D eigenvalue weighted by Gasteiger charge is 2.30. The molecule has 0 spiro atoms. The van der Waals surface area contributed by atoms with E-state index >= 15 is 0 Å². The Labute approximate surface area is 141 Å². The lowest BCUT2D eigenvalue weighted by atomic mass is 10.2. The maximum Gasteiger partial charge on any atom is 0.322 e. The minimum Gasteiger partial charge on any atom is -0.313 e. The fourth-order valence-corrected chi connectivity index (χ4v) is 3.89. The first-order valence-electron chi connectivity index (χ1n) is 7.61. The first-order valence-corrected chi connectivity index (χ1v) is 9.33. The average Bonchev–Trinajstić information content (AvgIpc) is 2.94. The molecule has 2 amide bonds. The van der Waals surface area contributed by atoms with Crippen LogP contribution in [0.3, 0.4) is 0 Å². The molecule has 6 heteroatoms. The van der Waals surface area contributed by atoms with Crippen molar-refractivity contribution in [1.29, 1.82) is 0 Å². The molecule has 5 nitrogen and oxygen atoms in total. The summed E-state index contributed by atoms with van der Waals surface area (Å²) in [5.74, 6) is -0.0813. The number of anilines is 1. The van der Waals surface area contributed by atoms with Crippen LogP contribution in [0.2, 0.25) is 0 Å². The number of amides is 2. The zero-order valence-corrected chi connectivity index (χ0v) is 13.8. The van der Waals surface area contributed by atoms with Crippen LogP contribution in [0.25, 0.3) is 0 Å². The number of benzene rings is 2. The average molecular weight is 342 g/mol. The molecule has 1 N–H and O–H groups in total. The lowest BCUT2D eigenvalue weighted by molar-refractivity contribution is 0.201. The van der Waals surface area contributed by atoms with Crippen LogP contribution in [-0.4, -0.2) is 31.1 Å². The van der Waals surface area contributed by atoms with Gasteiger partial charge in [0.05, 0.1) is 11.8 Å². The Hall–Kier alpha value is -2.60. The molecular formula is C18H18N2O3S. The second kappa shape index (κ2) is 6.88. The number of carbonyl (C=O) groups excluding carboxylic acids is 1. The molecule has 0 aliphatic carbocycles. The predicted molar refractivity (Wildman–Crippen MR) is 94.2 cm³/mol. The van der Waals surface area contributed by atoms with E-state index < -0.39 is 15.9 Å². The summed E-state index contributed by atoms with van der Waals surface area (Å²) in [5.41, 5.74) is 1.61.